The Kier molecular flexibility index (Phi) is 3.45. The topological polar surface area (TPSA) is 45.7 Å². The minimum atomic E-state index is -0.0502. The van der Waals surface area contributed by atoms with Gasteiger partial charge in [0.25, 0.3) is 0 Å². The maximum Gasteiger partial charge on any atom is 0.323 e. The number of piperazine rings is 1. The van der Waals surface area contributed by atoms with E-state index in [1.165, 1.54) is 0 Å². The molecular weight excluding hydrogens is 262 g/mol. The summed E-state index contributed by atoms with van der Waals surface area (Å²) in [7, 11) is 0. The molecule has 0 N–H and O–H groups in total. The van der Waals surface area contributed by atoms with Crippen molar-refractivity contribution in [1.29, 1.82) is 0 Å². The first kappa shape index (κ1) is 12.9. The molecule has 104 valence electrons. The number of hydrogen-bond donors (Lipinski definition) is 0. The fourth-order valence-electron chi connectivity index (χ4n) is 2.84. The number of rotatable bonds is 2. The van der Waals surface area contributed by atoms with E-state index >= 15 is 0 Å². The Morgan fingerprint density at radius 3 is 2.89 bits per heavy atom. The second kappa shape index (κ2) is 5.09. The van der Waals surface area contributed by atoms with Gasteiger partial charge in [0.1, 0.15) is 6.04 Å². The average Bonchev–Trinajstić information content (AvgIpc) is 2.98. The molecule has 2 aliphatic heterocycles. The molecule has 3 heterocycles. The molecule has 0 bridgehead atoms. The molecule has 0 aliphatic carbocycles. The normalized spacial score (nSPS) is 28.7. The lowest BCUT2D eigenvalue weighted by atomic mass is 10.1. The zero-order valence-electron chi connectivity index (χ0n) is 11.3. The summed E-state index contributed by atoms with van der Waals surface area (Å²) in [4.78, 5) is 20.8. The van der Waals surface area contributed by atoms with Gasteiger partial charge in [-0.3, -0.25) is 9.69 Å². The van der Waals surface area contributed by atoms with Crippen molar-refractivity contribution >= 4 is 22.4 Å². The summed E-state index contributed by atoms with van der Waals surface area (Å²) in [5.41, 5.74) is 1.08. The number of aryl methyl sites for hydroxylation is 1. The molecule has 0 amide bonds. The summed E-state index contributed by atoms with van der Waals surface area (Å²) in [5, 5.41) is 3.18. The van der Waals surface area contributed by atoms with Crippen molar-refractivity contribution in [2.75, 3.05) is 31.1 Å². The summed E-state index contributed by atoms with van der Waals surface area (Å²) < 4.78 is 5.06. The van der Waals surface area contributed by atoms with Crippen LogP contribution >= 0.6 is 11.3 Å². The zero-order chi connectivity index (χ0) is 13.4. The largest absolute Gasteiger partial charge is 0.464 e. The molecule has 2 fully saturated rings. The third kappa shape index (κ3) is 2.47. The first-order valence-corrected chi connectivity index (χ1v) is 7.62. The Morgan fingerprint density at radius 2 is 2.32 bits per heavy atom. The van der Waals surface area contributed by atoms with Gasteiger partial charge >= 0.3 is 5.97 Å². The van der Waals surface area contributed by atoms with Crippen molar-refractivity contribution in [2.45, 2.75) is 32.4 Å². The molecule has 6 heteroatoms. The predicted octanol–water partition coefficient (Wildman–Crippen LogP) is 1.28. The van der Waals surface area contributed by atoms with E-state index in [-0.39, 0.29) is 12.0 Å². The lowest BCUT2D eigenvalue weighted by Gasteiger charge is -2.41. The van der Waals surface area contributed by atoms with Crippen LogP contribution in [-0.4, -0.2) is 54.2 Å². The molecule has 3 rings (SSSR count). The van der Waals surface area contributed by atoms with Gasteiger partial charge < -0.3 is 9.64 Å². The summed E-state index contributed by atoms with van der Waals surface area (Å²) >= 11 is 1.70. The van der Waals surface area contributed by atoms with Crippen molar-refractivity contribution in [2.24, 2.45) is 0 Å². The van der Waals surface area contributed by atoms with Crippen LogP contribution in [0.3, 0.4) is 0 Å². The van der Waals surface area contributed by atoms with Crippen molar-refractivity contribution in [3.8, 4) is 0 Å². The number of cyclic esters (lactones) is 1. The quantitative estimate of drug-likeness (QED) is 0.764. The van der Waals surface area contributed by atoms with Crippen molar-refractivity contribution < 1.29 is 9.53 Å². The number of aromatic nitrogens is 1. The second-order valence-electron chi connectivity index (χ2n) is 5.28. The summed E-state index contributed by atoms with van der Waals surface area (Å²) in [6.07, 6.45) is 0.835. The Bertz CT molecular complexity index is 476. The van der Waals surface area contributed by atoms with Gasteiger partial charge in [0.15, 0.2) is 5.13 Å². The minimum absolute atomic E-state index is 0.0253. The number of esters is 1. The average molecular weight is 281 g/mol. The maximum atomic E-state index is 11.6. The second-order valence-corrected chi connectivity index (χ2v) is 6.12. The Labute approximate surface area is 117 Å². The van der Waals surface area contributed by atoms with Gasteiger partial charge in [-0.15, -0.1) is 11.3 Å². The standard InChI is InChI=1S/C13H19N3O2S/c1-9-8-19-13(14-9)16-5-4-15(7-10(16)2)11-3-6-18-12(11)17/h8,10-11H,3-7H2,1-2H3/t10-,11+/m0/s1. The molecule has 0 unspecified atom stereocenters. The molecule has 0 aromatic carbocycles. The Hall–Kier alpha value is -1.14. The fourth-order valence-corrected chi connectivity index (χ4v) is 3.78. The third-order valence-electron chi connectivity index (χ3n) is 3.86. The van der Waals surface area contributed by atoms with Gasteiger partial charge in [-0.25, -0.2) is 4.98 Å². The van der Waals surface area contributed by atoms with E-state index in [1.54, 1.807) is 11.3 Å². The first-order chi connectivity index (χ1) is 9.15. The number of ether oxygens (including phenoxy) is 1. The van der Waals surface area contributed by atoms with E-state index < -0.39 is 0 Å². The number of carbonyl (C=O) groups is 1. The highest BCUT2D eigenvalue weighted by molar-refractivity contribution is 7.13. The number of thiazole rings is 1. The molecule has 2 saturated heterocycles. The lowest BCUT2D eigenvalue weighted by Crippen LogP contribution is -2.56. The van der Waals surface area contributed by atoms with Gasteiger partial charge in [-0.1, -0.05) is 0 Å². The van der Waals surface area contributed by atoms with Crippen LogP contribution in [0.5, 0.6) is 0 Å². The van der Waals surface area contributed by atoms with Crippen molar-refractivity contribution in [3.05, 3.63) is 11.1 Å². The molecular formula is C13H19N3O2S. The van der Waals surface area contributed by atoms with Crippen LogP contribution in [0.2, 0.25) is 0 Å². The smallest absolute Gasteiger partial charge is 0.323 e. The number of nitrogens with zero attached hydrogens (tertiary/aromatic N) is 3. The number of anilines is 1. The van der Waals surface area contributed by atoms with E-state index in [2.05, 4.69) is 27.1 Å². The van der Waals surface area contributed by atoms with Crippen LogP contribution in [0.15, 0.2) is 5.38 Å². The number of carbonyl (C=O) groups excluding carboxylic acids is 1. The SMILES string of the molecule is Cc1csc(N2CCN([C@@H]3CCOC3=O)C[C@@H]2C)n1. The summed E-state index contributed by atoms with van der Waals surface area (Å²) in [6.45, 7) is 7.53. The molecule has 2 atom stereocenters. The van der Waals surface area contributed by atoms with E-state index in [0.717, 1.165) is 36.9 Å². The van der Waals surface area contributed by atoms with Crippen LogP contribution in [-0.2, 0) is 9.53 Å². The van der Waals surface area contributed by atoms with E-state index in [9.17, 15) is 4.79 Å². The highest BCUT2D eigenvalue weighted by atomic mass is 32.1. The van der Waals surface area contributed by atoms with Gasteiger partial charge in [0, 0.05) is 37.5 Å². The van der Waals surface area contributed by atoms with Crippen LogP contribution in [0, 0.1) is 6.92 Å². The predicted molar refractivity (Wildman–Crippen MR) is 74.6 cm³/mol. The fraction of sp³-hybridized carbons (Fsp3) is 0.692. The lowest BCUT2D eigenvalue weighted by molar-refractivity contribution is -0.142. The zero-order valence-corrected chi connectivity index (χ0v) is 12.2. The number of hydrogen-bond acceptors (Lipinski definition) is 6. The van der Waals surface area contributed by atoms with Gasteiger partial charge in [-0.2, -0.15) is 0 Å². The van der Waals surface area contributed by atoms with Gasteiger partial charge in [-0.05, 0) is 13.8 Å². The molecule has 1 aromatic rings. The first-order valence-electron chi connectivity index (χ1n) is 6.74. The third-order valence-corrected chi connectivity index (χ3v) is 4.86. The van der Waals surface area contributed by atoms with E-state index in [1.807, 2.05) is 6.92 Å². The van der Waals surface area contributed by atoms with Crippen molar-refractivity contribution in [3.63, 3.8) is 0 Å². The summed E-state index contributed by atoms with van der Waals surface area (Å²) in [6, 6.07) is 0.357. The molecule has 0 spiro atoms. The summed E-state index contributed by atoms with van der Waals surface area (Å²) in [5.74, 6) is -0.0502. The van der Waals surface area contributed by atoms with E-state index in [0.29, 0.717) is 12.6 Å². The highest BCUT2D eigenvalue weighted by Crippen LogP contribution is 2.26. The van der Waals surface area contributed by atoms with Crippen LogP contribution in [0.4, 0.5) is 5.13 Å². The van der Waals surface area contributed by atoms with E-state index in [4.69, 9.17) is 4.74 Å². The van der Waals surface area contributed by atoms with Crippen LogP contribution in [0.1, 0.15) is 19.0 Å². The maximum absolute atomic E-state index is 11.6. The monoisotopic (exact) mass is 281 g/mol. The molecule has 2 aliphatic rings. The van der Waals surface area contributed by atoms with Gasteiger partial charge in [0.2, 0.25) is 0 Å². The van der Waals surface area contributed by atoms with Crippen molar-refractivity contribution in [1.82, 2.24) is 9.88 Å². The molecule has 1 aromatic heterocycles. The Balaban J connectivity index is 1.67. The van der Waals surface area contributed by atoms with Crippen LogP contribution in [0.25, 0.3) is 0 Å². The highest BCUT2D eigenvalue weighted by Gasteiger charge is 2.36. The minimum Gasteiger partial charge on any atom is -0.464 e. The molecule has 0 radical (unpaired) electrons. The molecule has 19 heavy (non-hydrogen) atoms. The van der Waals surface area contributed by atoms with Gasteiger partial charge in [0.05, 0.1) is 12.3 Å². The Morgan fingerprint density at radius 1 is 1.47 bits per heavy atom. The van der Waals surface area contributed by atoms with Crippen LogP contribution < -0.4 is 4.90 Å². The molecule has 0 saturated carbocycles. The molecule has 5 nitrogen and oxygen atoms in total.